The van der Waals surface area contributed by atoms with Crippen molar-refractivity contribution in [1.82, 2.24) is 0 Å². The Labute approximate surface area is 127 Å². The summed E-state index contributed by atoms with van der Waals surface area (Å²) in [6.45, 7) is 4.86. The maximum Gasteiger partial charge on any atom is 0.113 e. The van der Waals surface area contributed by atoms with Crippen molar-refractivity contribution in [2.75, 3.05) is 6.54 Å². The monoisotopic (exact) mass is 271 g/mol. The molecule has 1 heterocycles. The summed E-state index contributed by atoms with van der Waals surface area (Å²) in [5.41, 5.74) is 4.42. The third kappa shape index (κ3) is 3.00. The van der Waals surface area contributed by atoms with Crippen LogP contribution in [0.2, 0.25) is 0 Å². The molecule has 0 aromatic heterocycles. The molecule has 21 heavy (non-hydrogen) atoms. The minimum Gasteiger partial charge on any atom is -0.288 e. The first-order chi connectivity index (χ1) is 10.2. The summed E-state index contributed by atoms with van der Waals surface area (Å²) in [7, 11) is 5.87. The Morgan fingerprint density at radius 2 is 1.95 bits per heavy atom. The van der Waals surface area contributed by atoms with Gasteiger partial charge in [0, 0.05) is 24.1 Å². The van der Waals surface area contributed by atoms with Crippen molar-refractivity contribution in [2.45, 2.75) is 12.8 Å². The molecule has 2 radical (unpaired) electrons. The lowest BCUT2D eigenvalue weighted by atomic mass is 9.78. The van der Waals surface area contributed by atoms with E-state index in [4.69, 9.17) is 12.8 Å². The molecule has 1 nitrogen and oxygen atoms in total. The van der Waals surface area contributed by atoms with Crippen molar-refractivity contribution in [2.24, 2.45) is 10.4 Å². The minimum absolute atomic E-state index is 0.0291. The Morgan fingerprint density at radius 3 is 2.67 bits per heavy atom. The third-order valence-corrected chi connectivity index (χ3v) is 4.16. The molecule has 0 spiro atoms. The van der Waals surface area contributed by atoms with Gasteiger partial charge in [0.15, 0.2) is 0 Å². The van der Waals surface area contributed by atoms with Gasteiger partial charge in [0.25, 0.3) is 0 Å². The maximum absolute atomic E-state index is 5.87. The first-order valence-corrected chi connectivity index (χ1v) is 7.28. The van der Waals surface area contributed by atoms with Gasteiger partial charge in [0.05, 0.1) is 0 Å². The summed E-state index contributed by atoms with van der Waals surface area (Å²) in [6, 6.07) is 18.5. The summed E-state index contributed by atoms with van der Waals surface area (Å²) >= 11 is 0. The number of hydrogen-bond donors (Lipinski definition) is 0. The average Bonchev–Trinajstić information content (AvgIpc) is 2.93. The van der Waals surface area contributed by atoms with Crippen molar-refractivity contribution in [1.29, 1.82) is 0 Å². The van der Waals surface area contributed by atoms with Gasteiger partial charge in [-0.25, -0.2) is 0 Å². The lowest BCUT2D eigenvalue weighted by Gasteiger charge is -2.24. The van der Waals surface area contributed by atoms with Gasteiger partial charge in [0.2, 0.25) is 0 Å². The molecule has 0 bridgehead atoms. The van der Waals surface area contributed by atoms with E-state index >= 15 is 0 Å². The van der Waals surface area contributed by atoms with Crippen LogP contribution < -0.4 is 5.46 Å². The zero-order valence-electron chi connectivity index (χ0n) is 12.1. The standard InChI is InChI=1S/C19H18BN/c1-2-19(12-15-7-4-3-5-8-15)13-18(21-14-19)16-9-6-10-17(20)11-16/h2-11H,1,12-14H2. The second kappa shape index (κ2) is 5.73. The molecule has 0 saturated carbocycles. The lowest BCUT2D eigenvalue weighted by Crippen LogP contribution is -2.22. The van der Waals surface area contributed by atoms with E-state index in [1.165, 1.54) is 5.56 Å². The highest BCUT2D eigenvalue weighted by Crippen LogP contribution is 2.35. The van der Waals surface area contributed by atoms with Crippen LogP contribution in [0, 0.1) is 5.41 Å². The quantitative estimate of drug-likeness (QED) is 0.598. The van der Waals surface area contributed by atoms with Gasteiger partial charge in [-0.05, 0) is 17.5 Å². The predicted octanol–water partition coefficient (Wildman–Crippen LogP) is 3.09. The predicted molar refractivity (Wildman–Crippen MR) is 90.6 cm³/mol. The summed E-state index contributed by atoms with van der Waals surface area (Å²) in [6.07, 6.45) is 3.98. The lowest BCUT2D eigenvalue weighted by molar-refractivity contribution is 0.434. The SMILES string of the molecule is [B]c1cccc(C2=NCC(C=C)(Cc3ccccc3)C2)c1. The van der Waals surface area contributed by atoms with Gasteiger partial charge < -0.3 is 0 Å². The van der Waals surface area contributed by atoms with Gasteiger partial charge in [0.1, 0.15) is 7.85 Å². The van der Waals surface area contributed by atoms with E-state index in [1.807, 2.05) is 24.3 Å². The van der Waals surface area contributed by atoms with E-state index in [2.05, 4.69) is 43.0 Å². The van der Waals surface area contributed by atoms with Crippen LogP contribution in [0.1, 0.15) is 17.5 Å². The van der Waals surface area contributed by atoms with Crippen molar-refractivity contribution < 1.29 is 0 Å². The Hall–Kier alpha value is -2.09. The molecule has 102 valence electrons. The van der Waals surface area contributed by atoms with Crippen molar-refractivity contribution in [3.8, 4) is 0 Å². The summed E-state index contributed by atoms with van der Waals surface area (Å²) in [5, 5.41) is 0. The Balaban J connectivity index is 1.80. The smallest absolute Gasteiger partial charge is 0.113 e. The van der Waals surface area contributed by atoms with E-state index in [0.29, 0.717) is 0 Å². The van der Waals surface area contributed by atoms with Crippen LogP contribution in [-0.2, 0) is 6.42 Å². The number of aliphatic imine (C=N–C) groups is 1. The van der Waals surface area contributed by atoms with Crippen molar-refractivity contribution in [3.63, 3.8) is 0 Å². The molecule has 2 heteroatoms. The van der Waals surface area contributed by atoms with Gasteiger partial charge >= 0.3 is 0 Å². The molecule has 1 atom stereocenters. The first-order valence-electron chi connectivity index (χ1n) is 7.28. The Morgan fingerprint density at radius 1 is 1.14 bits per heavy atom. The topological polar surface area (TPSA) is 12.4 Å². The van der Waals surface area contributed by atoms with E-state index in [0.717, 1.165) is 36.1 Å². The molecule has 0 N–H and O–H groups in total. The molecule has 0 saturated heterocycles. The second-order valence-corrected chi connectivity index (χ2v) is 5.79. The third-order valence-electron chi connectivity index (χ3n) is 4.16. The molecule has 0 fully saturated rings. The van der Waals surface area contributed by atoms with Gasteiger partial charge in [-0.3, -0.25) is 4.99 Å². The molecule has 2 aromatic rings. The molecule has 1 unspecified atom stereocenters. The average molecular weight is 271 g/mol. The summed E-state index contributed by atoms with van der Waals surface area (Å²) < 4.78 is 0. The highest BCUT2D eigenvalue weighted by molar-refractivity contribution is 6.32. The molecule has 3 rings (SSSR count). The Bertz CT molecular complexity index is 675. The number of hydrogen-bond acceptors (Lipinski definition) is 1. The van der Waals surface area contributed by atoms with Gasteiger partial charge in [-0.2, -0.15) is 0 Å². The molecular weight excluding hydrogens is 253 g/mol. The minimum atomic E-state index is 0.0291. The molecular formula is C19H18BN. The normalized spacial score (nSPS) is 21.0. The van der Waals surface area contributed by atoms with Crippen LogP contribution in [0.15, 0.2) is 72.2 Å². The fourth-order valence-electron chi connectivity index (χ4n) is 2.94. The largest absolute Gasteiger partial charge is 0.288 e. The van der Waals surface area contributed by atoms with E-state index in [-0.39, 0.29) is 5.41 Å². The fraction of sp³-hybridized carbons (Fsp3) is 0.211. The fourth-order valence-corrected chi connectivity index (χ4v) is 2.94. The van der Waals surface area contributed by atoms with Crippen LogP contribution in [0.3, 0.4) is 0 Å². The molecule has 2 aromatic carbocycles. The number of rotatable bonds is 4. The first kappa shape index (κ1) is 13.9. The summed E-state index contributed by atoms with van der Waals surface area (Å²) in [4.78, 5) is 4.76. The number of benzene rings is 2. The van der Waals surface area contributed by atoms with Crippen LogP contribution in [0.4, 0.5) is 0 Å². The van der Waals surface area contributed by atoms with Crippen LogP contribution in [0.5, 0.6) is 0 Å². The van der Waals surface area contributed by atoms with Gasteiger partial charge in [-0.15, -0.1) is 6.58 Å². The summed E-state index contributed by atoms with van der Waals surface area (Å²) in [5.74, 6) is 0. The maximum atomic E-state index is 5.87. The van der Waals surface area contributed by atoms with Crippen LogP contribution in [-0.4, -0.2) is 20.1 Å². The van der Waals surface area contributed by atoms with Crippen molar-refractivity contribution >= 4 is 19.0 Å². The zero-order chi connectivity index (χ0) is 14.7. The highest BCUT2D eigenvalue weighted by atomic mass is 14.8. The molecule has 0 aliphatic carbocycles. The van der Waals surface area contributed by atoms with Crippen molar-refractivity contribution in [3.05, 3.63) is 78.4 Å². The Kier molecular flexibility index (Phi) is 3.79. The van der Waals surface area contributed by atoms with E-state index in [1.54, 1.807) is 0 Å². The zero-order valence-corrected chi connectivity index (χ0v) is 12.1. The van der Waals surface area contributed by atoms with Gasteiger partial charge in [-0.1, -0.05) is 66.1 Å². The molecule has 0 amide bonds. The van der Waals surface area contributed by atoms with Crippen LogP contribution >= 0.6 is 0 Å². The second-order valence-electron chi connectivity index (χ2n) is 5.79. The molecule has 1 aliphatic heterocycles. The number of nitrogens with zero attached hydrogens (tertiary/aromatic N) is 1. The van der Waals surface area contributed by atoms with E-state index in [9.17, 15) is 0 Å². The molecule has 1 aliphatic rings. The van der Waals surface area contributed by atoms with E-state index < -0.39 is 0 Å². The van der Waals surface area contributed by atoms with Crippen LogP contribution in [0.25, 0.3) is 0 Å². The highest BCUT2D eigenvalue weighted by Gasteiger charge is 2.33.